The van der Waals surface area contributed by atoms with Crippen LogP contribution >= 0.6 is 23.2 Å². The fourth-order valence-corrected chi connectivity index (χ4v) is 2.38. The third-order valence-corrected chi connectivity index (χ3v) is 3.55. The fraction of sp³-hybridized carbons (Fsp3) is 0.600. The van der Waals surface area contributed by atoms with E-state index in [4.69, 9.17) is 27.9 Å². The first-order valence-corrected chi connectivity index (χ1v) is 7.66. The smallest absolute Gasteiger partial charge is 0.0478 e. The number of benzene rings is 1. The molecule has 4 heteroatoms. The van der Waals surface area contributed by atoms with Gasteiger partial charge in [0.15, 0.2) is 0 Å². The Kier molecular flexibility index (Phi) is 8.47. The second kappa shape index (κ2) is 9.60. The monoisotopic (exact) mass is 303 g/mol. The van der Waals surface area contributed by atoms with Crippen LogP contribution in [0.25, 0.3) is 0 Å². The van der Waals surface area contributed by atoms with Crippen molar-refractivity contribution in [2.75, 3.05) is 19.8 Å². The first-order valence-electron chi connectivity index (χ1n) is 6.91. The van der Waals surface area contributed by atoms with Crippen molar-refractivity contribution in [1.82, 2.24) is 5.32 Å². The molecule has 0 bridgehead atoms. The highest BCUT2D eigenvalue weighted by Crippen LogP contribution is 2.25. The van der Waals surface area contributed by atoms with Crippen molar-refractivity contribution in [2.45, 2.75) is 39.2 Å². The minimum atomic E-state index is 0.223. The average Bonchev–Trinajstić information content (AvgIpc) is 2.37. The summed E-state index contributed by atoms with van der Waals surface area (Å²) in [4.78, 5) is 0. The summed E-state index contributed by atoms with van der Waals surface area (Å²) in [6.07, 6.45) is 3.34. The van der Waals surface area contributed by atoms with Gasteiger partial charge in [-0.1, -0.05) is 42.6 Å². The molecular formula is C15H23Cl2NO. The maximum Gasteiger partial charge on any atom is 0.0478 e. The van der Waals surface area contributed by atoms with Crippen molar-refractivity contribution in [3.8, 4) is 0 Å². The predicted octanol–water partition coefficient (Wildman–Crippen LogP) is 4.85. The van der Waals surface area contributed by atoms with Gasteiger partial charge in [-0.2, -0.15) is 0 Å². The summed E-state index contributed by atoms with van der Waals surface area (Å²) in [6, 6.07) is 5.85. The zero-order valence-electron chi connectivity index (χ0n) is 11.7. The molecule has 1 aromatic rings. The van der Waals surface area contributed by atoms with Gasteiger partial charge in [0.05, 0.1) is 0 Å². The lowest BCUT2D eigenvalue weighted by atomic mass is 10.1. The molecule has 0 aliphatic heterocycles. The Labute approximate surface area is 126 Å². The van der Waals surface area contributed by atoms with E-state index < -0.39 is 0 Å². The van der Waals surface area contributed by atoms with E-state index in [0.717, 1.165) is 38.2 Å². The quantitative estimate of drug-likeness (QED) is 0.658. The van der Waals surface area contributed by atoms with Gasteiger partial charge in [0.25, 0.3) is 0 Å². The Balaban J connectivity index is 2.22. The van der Waals surface area contributed by atoms with Crippen LogP contribution in [0, 0.1) is 0 Å². The number of nitrogens with one attached hydrogen (secondary N) is 1. The van der Waals surface area contributed by atoms with Crippen molar-refractivity contribution < 1.29 is 4.74 Å². The Morgan fingerprint density at radius 2 is 1.95 bits per heavy atom. The van der Waals surface area contributed by atoms with Crippen molar-refractivity contribution >= 4 is 23.2 Å². The molecule has 1 unspecified atom stereocenters. The van der Waals surface area contributed by atoms with E-state index in [1.165, 1.54) is 6.42 Å². The summed E-state index contributed by atoms with van der Waals surface area (Å²) in [5.41, 5.74) is 1.08. The second-order valence-electron chi connectivity index (χ2n) is 4.66. The van der Waals surface area contributed by atoms with Gasteiger partial charge in [-0.25, -0.2) is 0 Å². The Morgan fingerprint density at radius 3 is 2.63 bits per heavy atom. The van der Waals surface area contributed by atoms with Crippen LogP contribution in [0.3, 0.4) is 0 Å². The van der Waals surface area contributed by atoms with Crippen LogP contribution in [-0.2, 0) is 4.74 Å². The maximum absolute atomic E-state index is 6.17. The third kappa shape index (κ3) is 6.62. The first-order chi connectivity index (χ1) is 9.15. The summed E-state index contributed by atoms with van der Waals surface area (Å²) in [5, 5.41) is 4.83. The second-order valence-corrected chi connectivity index (χ2v) is 5.50. The van der Waals surface area contributed by atoms with Gasteiger partial charge in [0.1, 0.15) is 0 Å². The molecule has 0 fully saturated rings. The molecule has 0 aliphatic carbocycles. The highest BCUT2D eigenvalue weighted by Gasteiger charge is 2.08. The van der Waals surface area contributed by atoms with Crippen LogP contribution < -0.4 is 5.32 Å². The molecular weight excluding hydrogens is 281 g/mol. The summed E-state index contributed by atoms with van der Waals surface area (Å²) < 4.78 is 5.52. The van der Waals surface area contributed by atoms with E-state index in [-0.39, 0.29) is 6.04 Å². The molecule has 0 heterocycles. The van der Waals surface area contributed by atoms with Gasteiger partial charge in [-0.3, -0.25) is 0 Å². The maximum atomic E-state index is 6.17. The van der Waals surface area contributed by atoms with Crippen LogP contribution in [0.4, 0.5) is 0 Å². The average molecular weight is 304 g/mol. The van der Waals surface area contributed by atoms with E-state index in [1.54, 1.807) is 6.07 Å². The van der Waals surface area contributed by atoms with Gasteiger partial charge in [-0.15, -0.1) is 0 Å². The van der Waals surface area contributed by atoms with Crippen LogP contribution in [0.1, 0.15) is 44.7 Å². The lowest BCUT2D eigenvalue weighted by Crippen LogP contribution is -2.21. The Bertz CT molecular complexity index is 371. The summed E-state index contributed by atoms with van der Waals surface area (Å²) in [7, 11) is 0. The molecule has 108 valence electrons. The normalized spacial score (nSPS) is 12.6. The summed E-state index contributed by atoms with van der Waals surface area (Å²) >= 11 is 12.1. The lowest BCUT2D eigenvalue weighted by molar-refractivity contribution is 0.128. The van der Waals surface area contributed by atoms with Crippen molar-refractivity contribution in [1.29, 1.82) is 0 Å². The number of rotatable bonds is 9. The SMILES string of the molecule is CCCCOCCCNC(C)c1ccc(Cl)cc1Cl. The number of halogens is 2. The molecule has 1 N–H and O–H groups in total. The number of ether oxygens (including phenoxy) is 1. The Morgan fingerprint density at radius 1 is 1.21 bits per heavy atom. The number of unbranched alkanes of at least 4 members (excludes halogenated alkanes) is 1. The lowest BCUT2D eigenvalue weighted by Gasteiger charge is -2.16. The van der Waals surface area contributed by atoms with Gasteiger partial charge >= 0.3 is 0 Å². The minimum absolute atomic E-state index is 0.223. The van der Waals surface area contributed by atoms with Crippen molar-refractivity contribution in [2.24, 2.45) is 0 Å². The van der Waals surface area contributed by atoms with Gasteiger partial charge in [0.2, 0.25) is 0 Å². The van der Waals surface area contributed by atoms with Gasteiger partial charge < -0.3 is 10.1 Å². The van der Waals surface area contributed by atoms with E-state index in [2.05, 4.69) is 19.2 Å². The van der Waals surface area contributed by atoms with Crippen LogP contribution in [0.15, 0.2) is 18.2 Å². The van der Waals surface area contributed by atoms with Crippen molar-refractivity contribution in [3.63, 3.8) is 0 Å². The van der Waals surface area contributed by atoms with Crippen LogP contribution in [0.2, 0.25) is 10.0 Å². The predicted molar refractivity (Wildman–Crippen MR) is 83.2 cm³/mol. The molecule has 2 nitrogen and oxygen atoms in total. The molecule has 0 amide bonds. The molecule has 0 spiro atoms. The van der Waals surface area contributed by atoms with Gasteiger partial charge in [0, 0.05) is 29.3 Å². The zero-order valence-corrected chi connectivity index (χ0v) is 13.2. The van der Waals surface area contributed by atoms with E-state index in [9.17, 15) is 0 Å². The van der Waals surface area contributed by atoms with E-state index >= 15 is 0 Å². The molecule has 1 atom stereocenters. The number of hydrogen-bond acceptors (Lipinski definition) is 2. The zero-order chi connectivity index (χ0) is 14.1. The molecule has 1 aromatic carbocycles. The van der Waals surface area contributed by atoms with Crippen LogP contribution in [-0.4, -0.2) is 19.8 Å². The highest BCUT2D eigenvalue weighted by atomic mass is 35.5. The number of hydrogen-bond donors (Lipinski definition) is 1. The molecule has 0 radical (unpaired) electrons. The summed E-state index contributed by atoms with van der Waals surface area (Å²) in [5.74, 6) is 0. The van der Waals surface area contributed by atoms with Crippen LogP contribution in [0.5, 0.6) is 0 Å². The van der Waals surface area contributed by atoms with E-state index in [0.29, 0.717) is 10.0 Å². The van der Waals surface area contributed by atoms with E-state index in [1.807, 2.05) is 12.1 Å². The minimum Gasteiger partial charge on any atom is -0.381 e. The summed E-state index contributed by atoms with van der Waals surface area (Å²) in [6.45, 7) is 6.88. The molecule has 19 heavy (non-hydrogen) atoms. The van der Waals surface area contributed by atoms with Crippen molar-refractivity contribution in [3.05, 3.63) is 33.8 Å². The molecule has 0 saturated heterocycles. The molecule has 0 aliphatic rings. The highest BCUT2D eigenvalue weighted by molar-refractivity contribution is 6.35. The fourth-order valence-electron chi connectivity index (χ4n) is 1.80. The molecule has 1 rings (SSSR count). The standard InChI is InChI=1S/C15H23Cl2NO/c1-3-4-9-19-10-5-8-18-12(2)14-7-6-13(16)11-15(14)17/h6-7,11-12,18H,3-5,8-10H2,1-2H3. The largest absolute Gasteiger partial charge is 0.381 e. The topological polar surface area (TPSA) is 21.3 Å². The molecule has 0 saturated carbocycles. The third-order valence-electron chi connectivity index (χ3n) is 2.99. The van der Waals surface area contributed by atoms with Gasteiger partial charge in [-0.05, 0) is 44.0 Å². The first kappa shape index (κ1) is 16.8. The Hall–Kier alpha value is -0.280. The molecule has 0 aromatic heterocycles.